The van der Waals surface area contributed by atoms with Crippen molar-refractivity contribution in [3.05, 3.63) is 11.5 Å². The molecule has 0 saturated carbocycles. The van der Waals surface area contributed by atoms with E-state index in [0.717, 1.165) is 11.5 Å². The molecular formula is C10H11F3N4O2S. The van der Waals surface area contributed by atoms with Crippen molar-refractivity contribution in [1.82, 2.24) is 14.5 Å². The predicted octanol–water partition coefficient (Wildman–Crippen LogP) is 2.21. The Kier molecular flexibility index (Phi) is 4.23. The van der Waals surface area contributed by atoms with Crippen LogP contribution >= 0.6 is 11.5 Å². The van der Waals surface area contributed by atoms with E-state index in [-0.39, 0.29) is 24.7 Å². The number of nitrogens with two attached hydrogens (primary N) is 1. The van der Waals surface area contributed by atoms with Gasteiger partial charge in [-0.15, -0.1) is 0 Å². The SMILES string of the molecule is Cc1nsc(N)c1-c1nc(CCOCC(F)(F)F)no1. The monoisotopic (exact) mass is 308 g/mol. The second kappa shape index (κ2) is 5.75. The lowest BCUT2D eigenvalue weighted by atomic mass is 10.2. The van der Waals surface area contributed by atoms with Crippen LogP contribution in [0.3, 0.4) is 0 Å². The van der Waals surface area contributed by atoms with Crippen LogP contribution in [0.1, 0.15) is 11.5 Å². The van der Waals surface area contributed by atoms with E-state index >= 15 is 0 Å². The van der Waals surface area contributed by atoms with Crippen molar-refractivity contribution >= 4 is 16.5 Å². The Bertz CT molecular complexity index is 562. The first kappa shape index (κ1) is 14.7. The molecule has 0 aromatic carbocycles. The third-order valence-corrected chi connectivity index (χ3v) is 3.07. The molecule has 0 aliphatic rings. The molecule has 0 unspecified atom stereocenters. The van der Waals surface area contributed by atoms with Crippen LogP contribution in [0.4, 0.5) is 18.2 Å². The Morgan fingerprint density at radius 3 is 2.75 bits per heavy atom. The first-order valence-electron chi connectivity index (χ1n) is 5.56. The van der Waals surface area contributed by atoms with Crippen molar-refractivity contribution < 1.29 is 22.4 Å². The Morgan fingerprint density at radius 2 is 2.15 bits per heavy atom. The van der Waals surface area contributed by atoms with Gasteiger partial charge in [-0.2, -0.15) is 22.5 Å². The normalized spacial score (nSPS) is 12.0. The van der Waals surface area contributed by atoms with Gasteiger partial charge in [-0.3, -0.25) is 0 Å². The lowest BCUT2D eigenvalue weighted by molar-refractivity contribution is -0.173. The average Bonchev–Trinajstić information content (AvgIpc) is 2.91. The van der Waals surface area contributed by atoms with Crippen LogP contribution in [0.2, 0.25) is 0 Å². The number of rotatable bonds is 5. The topological polar surface area (TPSA) is 87.1 Å². The van der Waals surface area contributed by atoms with Gasteiger partial charge in [0.25, 0.3) is 5.89 Å². The molecule has 110 valence electrons. The summed E-state index contributed by atoms with van der Waals surface area (Å²) in [6, 6.07) is 0. The predicted molar refractivity (Wildman–Crippen MR) is 65.1 cm³/mol. The average molecular weight is 308 g/mol. The number of aromatic nitrogens is 3. The molecule has 0 aliphatic heterocycles. The molecule has 0 fully saturated rings. The number of nitrogens with zero attached hydrogens (tertiary/aromatic N) is 3. The van der Waals surface area contributed by atoms with Crippen molar-refractivity contribution in [2.75, 3.05) is 18.9 Å². The summed E-state index contributed by atoms with van der Waals surface area (Å²) in [5, 5.41) is 4.11. The van der Waals surface area contributed by atoms with Crippen LogP contribution in [0, 0.1) is 6.92 Å². The summed E-state index contributed by atoms with van der Waals surface area (Å²) in [7, 11) is 0. The zero-order chi connectivity index (χ0) is 14.8. The highest BCUT2D eigenvalue weighted by molar-refractivity contribution is 7.10. The molecule has 0 amide bonds. The van der Waals surface area contributed by atoms with E-state index in [9.17, 15) is 13.2 Å². The van der Waals surface area contributed by atoms with Gasteiger partial charge >= 0.3 is 6.18 Å². The summed E-state index contributed by atoms with van der Waals surface area (Å²) in [6.07, 6.45) is -4.22. The van der Waals surface area contributed by atoms with Crippen molar-refractivity contribution in [3.63, 3.8) is 0 Å². The zero-order valence-electron chi connectivity index (χ0n) is 10.4. The number of nitrogen functional groups attached to an aromatic ring is 1. The maximum absolute atomic E-state index is 11.9. The lowest BCUT2D eigenvalue weighted by Gasteiger charge is -2.05. The van der Waals surface area contributed by atoms with E-state index in [1.54, 1.807) is 6.92 Å². The highest BCUT2D eigenvalue weighted by Crippen LogP contribution is 2.30. The van der Waals surface area contributed by atoms with Crippen molar-refractivity contribution in [3.8, 4) is 11.5 Å². The third kappa shape index (κ3) is 3.67. The van der Waals surface area contributed by atoms with E-state index in [1.165, 1.54) is 0 Å². The fraction of sp³-hybridized carbons (Fsp3) is 0.500. The summed E-state index contributed by atoms with van der Waals surface area (Å²) in [4.78, 5) is 4.06. The van der Waals surface area contributed by atoms with Gasteiger partial charge in [-0.1, -0.05) is 5.16 Å². The van der Waals surface area contributed by atoms with Gasteiger partial charge in [0, 0.05) is 6.42 Å². The number of halogens is 3. The highest BCUT2D eigenvalue weighted by atomic mass is 32.1. The van der Waals surface area contributed by atoms with Crippen LogP contribution in [-0.2, 0) is 11.2 Å². The van der Waals surface area contributed by atoms with Gasteiger partial charge in [0.15, 0.2) is 5.82 Å². The number of anilines is 1. The van der Waals surface area contributed by atoms with Crippen molar-refractivity contribution in [2.24, 2.45) is 0 Å². The minimum absolute atomic E-state index is 0.121. The van der Waals surface area contributed by atoms with Crippen LogP contribution in [-0.4, -0.2) is 33.9 Å². The van der Waals surface area contributed by atoms with Crippen LogP contribution < -0.4 is 5.73 Å². The van der Waals surface area contributed by atoms with E-state index in [2.05, 4.69) is 19.3 Å². The molecule has 20 heavy (non-hydrogen) atoms. The van der Waals surface area contributed by atoms with E-state index in [4.69, 9.17) is 10.3 Å². The Morgan fingerprint density at radius 1 is 1.40 bits per heavy atom. The molecule has 0 aliphatic carbocycles. The largest absolute Gasteiger partial charge is 0.411 e. The standard InChI is InChI=1S/C10H11F3N4O2S/c1-5-7(8(14)20-17-5)9-15-6(16-19-9)2-3-18-4-10(11,12)13/h2-4,14H2,1H3. The van der Waals surface area contributed by atoms with E-state index < -0.39 is 12.8 Å². The number of alkyl halides is 3. The van der Waals surface area contributed by atoms with Gasteiger partial charge in [0.2, 0.25) is 0 Å². The number of aryl methyl sites for hydroxylation is 1. The van der Waals surface area contributed by atoms with Gasteiger partial charge in [-0.05, 0) is 18.5 Å². The van der Waals surface area contributed by atoms with Gasteiger partial charge < -0.3 is 15.0 Å². The molecule has 0 saturated heterocycles. The Hall–Kier alpha value is -1.68. The molecule has 0 radical (unpaired) electrons. The van der Waals surface area contributed by atoms with Gasteiger partial charge in [0.1, 0.15) is 11.6 Å². The van der Waals surface area contributed by atoms with Crippen molar-refractivity contribution in [2.45, 2.75) is 19.5 Å². The number of hydrogen-bond acceptors (Lipinski definition) is 7. The summed E-state index contributed by atoms with van der Waals surface area (Å²) in [5.74, 6) is 0.465. The lowest BCUT2D eigenvalue weighted by Crippen LogP contribution is -2.18. The first-order valence-corrected chi connectivity index (χ1v) is 6.33. The van der Waals surface area contributed by atoms with Crippen LogP contribution in [0.15, 0.2) is 4.52 Å². The third-order valence-electron chi connectivity index (χ3n) is 2.31. The molecule has 2 heterocycles. The fourth-order valence-electron chi connectivity index (χ4n) is 1.46. The van der Waals surface area contributed by atoms with Crippen molar-refractivity contribution in [1.29, 1.82) is 0 Å². The van der Waals surface area contributed by atoms with E-state index in [1.807, 2.05) is 0 Å². The van der Waals surface area contributed by atoms with Crippen LogP contribution in [0.5, 0.6) is 0 Å². The maximum Gasteiger partial charge on any atom is 0.411 e. The smallest absolute Gasteiger partial charge is 0.389 e. The molecule has 2 rings (SSSR count). The van der Waals surface area contributed by atoms with Gasteiger partial charge in [-0.25, -0.2) is 0 Å². The maximum atomic E-state index is 11.9. The molecule has 0 atom stereocenters. The molecule has 2 N–H and O–H groups in total. The second-order valence-electron chi connectivity index (χ2n) is 3.94. The minimum Gasteiger partial charge on any atom is -0.389 e. The van der Waals surface area contributed by atoms with Gasteiger partial charge in [0.05, 0.1) is 17.9 Å². The number of ether oxygens (including phenoxy) is 1. The quantitative estimate of drug-likeness (QED) is 0.852. The molecule has 6 nitrogen and oxygen atoms in total. The summed E-state index contributed by atoms with van der Waals surface area (Å²) < 4.78 is 49.1. The Balaban J connectivity index is 1.93. The highest BCUT2D eigenvalue weighted by Gasteiger charge is 2.27. The minimum atomic E-state index is -4.34. The first-order chi connectivity index (χ1) is 9.37. The Labute approximate surface area is 115 Å². The number of hydrogen-bond donors (Lipinski definition) is 1. The fourth-order valence-corrected chi connectivity index (χ4v) is 2.11. The van der Waals surface area contributed by atoms with E-state index in [0.29, 0.717) is 16.3 Å². The molecule has 0 spiro atoms. The molecular weight excluding hydrogens is 297 g/mol. The summed E-state index contributed by atoms with van der Waals surface area (Å²) >= 11 is 1.11. The molecule has 0 bridgehead atoms. The van der Waals surface area contributed by atoms with Crippen LogP contribution in [0.25, 0.3) is 11.5 Å². The molecule has 2 aromatic rings. The second-order valence-corrected chi connectivity index (χ2v) is 4.75. The zero-order valence-corrected chi connectivity index (χ0v) is 11.2. The molecule has 2 aromatic heterocycles. The summed E-state index contributed by atoms with van der Waals surface area (Å²) in [5.41, 5.74) is 6.95. The summed E-state index contributed by atoms with van der Waals surface area (Å²) in [6.45, 7) is 0.311. The molecule has 10 heteroatoms.